The molecule has 3 rings (SSSR count). The summed E-state index contributed by atoms with van der Waals surface area (Å²) in [5.74, 6) is -0.763. The van der Waals surface area contributed by atoms with Crippen LogP contribution in [0.5, 0.6) is 0 Å². The van der Waals surface area contributed by atoms with Gasteiger partial charge < -0.3 is 10.5 Å². The van der Waals surface area contributed by atoms with E-state index in [2.05, 4.69) is 10.3 Å². The van der Waals surface area contributed by atoms with E-state index in [9.17, 15) is 9.18 Å². The van der Waals surface area contributed by atoms with E-state index in [1.54, 1.807) is 12.1 Å². The number of aromatic nitrogens is 1. The number of nitrogens with one attached hydrogen (secondary N) is 1. The molecule has 2 atom stereocenters. The molecule has 7 heteroatoms. The Balaban J connectivity index is 1.72. The molecule has 2 aromatic rings. The quantitative estimate of drug-likeness (QED) is 0.849. The molecule has 5 nitrogen and oxygen atoms in total. The van der Waals surface area contributed by atoms with Crippen LogP contribution < -0.4 is 11.1 Å². The number of benzene rings is 1. The zero-order chi connectivity index (χ0) is 16.2. The van der Waals surface area contributed by atoms with Crippen molar-refractivity contribution in [3.05, 3.63) is 40.5 Å². The van der Waals surface area contributed by atoms with Gasteiger partial charge in [-0.15, -0.1) is 11.3 Å². The average Bonchev–Trinajstić information content (AvgIpc) is 3.20. The second-order valence-corrected chi connectivity index (χ2v) is 6.35. The van der Waals surface area contributed by atoms with Crippen LogP contribution >= 0.6 is 11.3 Å². The third-order valence-corrected chi connectivity index (χ3v) is 4.68. The molecular weight excluding hydrogens is 317 g/mol. The van der Waals surface area contributed by atoms with Gasteiger partial charge in [0.2, 0.25) is 5.91 Å². The number of rotatable bonds is 6. The number of thiazole rings is 1. The summed E-state index contributed by atoms with van der Waals surface area (Å²) in [5, 5.41) is 5.59. The van der Waals surface area contributed by atoms with Crippen LogP contribution in [0.4, 0.5) is 4.39 Å². The summed E-state index contributed by atoms with van der Waals surface area (Å²) in [4.78, 5) is 16.2. The van der Waals surface area contributed by atoms with Gasteiger partial charge in [0.15, 0.2) is 0 Å². The topological polar surface area (TPSA) is 77.2 Å². The maximum absolute atomic E-state index is 13.0. The van der Waals surface area contributed by atoms with Gasteiger partial charge in [0, 0.05) is 24.1 Å². The second kappa shape index (κ2) is 7.16. The van der Waals surface area contributed by atoms with Crippen LogP contribution in [0, 0.1) is 5.82 Å². The Morgan fingerprint density at radius 2 is 2.26 bits per heavy atom. The highest BCUT2D eigenvalue weighted by Crippen LogP contribution is 2.26. The van der Waals surface area contributed by atoms with Gasteiger partial charge in [-0.3, -0.25) is 10.1 Å². The highest BCUT2D eigenvalue weighted by atomic mass is 32.1. The van der Waals surface area contributed by atoms with E-state index in [-0.39, 0.29) is 11.9 Å². The third kappa shape index (κ3) is 3.93. The Morgan fingerprint density at radius 3 is 2.91 bits per heavy atom. The van der Waals surface area contributed by atoms with Gasteiger partial charge in [-0.05, 0) is 37.1 Å². The van der Waals surface area contributed by atoms with E-state index >= 15 is 0 Å². The monoisotopic (exact) mass is 335 g/mol. The van der Waals surface area contributed by atoms with Crippen LogP contribution in [0.3, 0.4) is 0 Å². The van der Waals surface area contributed by atoms with E-state index < -0.39 is 11.9 Å². The van der Waals surface area contributed by atoms with Gasteiger partial charge in [-0.25, -0.2) is 9.37 Å². The summed E-state index contributed by atoms with van der Waals surface area (Å²) in [6.45, 7) is 1.33. The number of amides is 1. The zero-order valence-corrected chi connectivity index (χ0v) is 13.3. The summed E-state index contributed by atoms with van der Waals surface area (Å²) in [6, 6.07) is 5.45. The molecule has 0 saturated carbocycles. The summed E-state index contributed by atoms with van der Waals surface area (Å²) in [6.07, 6.45) is 2.14. The lowest BCUT2D eigenvalue weighted by molar-refractivity contribution is -0.120. The molecule has 0 radical (unpaired) electrons. The lowest BCUT2D eigenvalue weighted by atomic mass is 10.2. The summed E-state index contributed by atoms with van der Waals surface area (Å²) in [5.41, 5.74) is 7.00. The predicted molar refractivity (Wildman–Crippen MR) is 86.4 cm³/mol. The molecule has 1 aliphatic heterocycles. The largest absolute Gasteiger partial charge is 0.377 e. The molecule has 0 spiro atoms. The van der Waals surface area contributed by atoms with E-state index in [0.717, 1.165) is 25.0 Å². The Kier molecular flexibility index (Phi) is 5.00. The first-order chi connectivity index (χ1) is 11.1. The van der Waals surface area contributed by atoms with Crippen LogP contribution in [0.2, 0.25) is 0 Å². The summed E-state index contributed by atoms with van der Waals surface area (Å²) < 4.78 is 18.5. The molecule has 2 heterocycles. The van der Waals surface area contributed by atoms with Crippen LogP contribution in [0.25, 0.3) is 11.3 Å². The molecule has 0 bridgehead atoms. The van der Waals surface area contributed by atoms with Gasteiger partial charge >= 0.3 is 0 Å². The van der Waals surface area contributed by atoms with Crippen molar-refractivity contribution >= 4 is 17.2 Å². The molecule has 1 aromatic heterocycles. The molecule has 1 aliphatic rings. The maximum Gasteiger partial charge on any atom is 0.241 e. The minimum atomic E-state index is -0.640. The number of hydrogen-bond acceptors (Lipinski definition) is 5. The first kappa shape index (κ1) is 16.0. The van der Waals surface area contributed by atoms with Crippen LogP contribution in [-0.2, 0) is 9.53 Å². The van der Waals surface area contributed by atoms with Gasteiger partial charge in [0.1, 0.15) is 16.9 Å². The first-order valence-electron chi connectivity index (χ1n) is 7.49. The fourth-order valence-corrected chi connectivity index (χ4v) is 3.45. The zero-order valence-electron chi connectivity index (χ0n) is 12.5. The Bertz CT molecular complexity index is 668. The lowest BCUT2D eigenvalue weighted by Gasteiger charge is -2.16. The first-order valence-corrected chi connectivity index (χ1v) is 8.37. The Hall–Kier alpha value is -1.83. The number of carbonyl (C=O) groups excluding carboxylic acids is 1. The van der Waals surface area contributed by atoms with Crippen LogP contribution in [0.15, 0.2) is 29.6 Å². The number of ether oxygens (including phenoxy) is 1. The minimum absolute atomic E-state index is 0.119. The molecule has 1 amide bonds. The Labute approximate surface area is 137 Å². The predicted octanol–water partition coefficient (Wildman–Crippen LogP) is 2.24. The van der Waals surface area contributed by atoms with Gasteiger partial charge in [0.25, 0.3) is 0 Å². The molecule has 3 N–H and O–H groups in total. The number of nitrogens with two attached hydrogens (primary N) is 1. The van der Waals surface area contributed by atoms with E-state index in [0.29, 0.717) is 17.2 Å². The molecule has 1 saturated heterocycles. The number of nitrogens with zero attached hydrogens (tertiary/aromatic N) is 1. The van der Waals surface area contributed by atoms with E-state index in [4.69, 9.17) is 10.5 Å². The molecule has 1 fully saturated rings. The lowest BCUT2D eigenvalue weighted by Crippen LogP contribution is -2.37. The number of hydrogen-bond donors (Lipinski definition) is 2. The molecule has 0 aliphatic carbocycles. The Morgan fingerprint density at radius 1 is 1.48 bits per heavy atom. The smallest absolute Gasteiger partial charge is 0.241 e. The summed E-state index contributed by atoms with van der Waals surface area (Å²) >= 11 is 1.36. The van der Waals surface area contributed by atoms with Crippen molar-refractivity contribution in [1.29, 1.82) is 0 Å². The molecular formula is C16H18FN3O2S. The number of primary amides is 1. The van der Waals surface area contributed by atoms with Crippen molar-refractivity contribution in [2.45, 2.75) is 25.0 Å². The van der Waals surface area contributed by atoms with Crippen LogP contribution in [-0.4, -0.2) is 30.1 Å². The maximum atomic E-state index is 13.0. The van der Waals surface area contributed by atoms with Gasteiger partial charge in [-0.2, -0.15) is 0 Å². The molecule has 122 valence electrons. The highest BCUT2D eigenvalue weighted by Gasteiger charge is 2.24. The van der Waals surface area contributed by atoms with Crippen molar-refractivity contribution in [2.75, 3.05) is 13.2 Å². The van der Waals surface area contributed by atoms with Crippen molar-refractivity contribution < 1.29 is 13.9 Å². The third-order valence-electron chi connectivity index (χ3n) is 3.77. The number of carbonyl (C=O) groups is 1. The molecule has 23 heavy (non-hydrogen) atoms. The number of halogens is 1. The van der Waals surface area contributed by atoms with Crippen molar-refractivity contribution in [3.63, 3.8) is 0 Å². The van der Waals surface area contributed by atoms with Crippen molar-refractivity contribution in [2.24, 2.45) is 5.73 Å². The average molecular weight is 335 g/mol. The van der Waals surface area contributed by atoms with Gasteiger partial charge in [-0.1, -0.05) is 0 Å². The fourth-order valence-electron chi connectivity index (χ4n) is 2.54. The highest BCUT2D eigenvalue weighted by molar-refractivity contribution is 7.10. The fraction of sp³-hybridized carbons (Fsp3) is 0.375. The van der Waals surface area contributed by atoms with E-state index in [1.807, 2.05) is 5.38 Å². The molecule has 2 unspecified atom stereocenters. The van der Waals surface area contributed by atoms with E-state index in [1.165, 1.54) is 23.5 Å². The minimum Gasteiger partial charge on any atom is -0.377 e. The normalized spacial score (nSPS) is 18.9. The van der Waals surface area contributed by atoms with Crippen LogP contribution in [0.1, 0.15) is 23.9 Å². The second-order valence-electron chi connectivity index (χ2n) is 5.46. The van der Waals surface area contributed by atoms with Gasteiger partial charge in [0.05, 0.1) is 11.8 Å². The SMILES string of the molecule is NC(=O)C(NCC1CCCO1)c1nc(-c2ccc(F)cc2)cs1. The van der Waals surface area contributed by atoms with Crippen molar-refractivity contribution in [1.82, 2.24) is 10.3 Å². The summed E-state index contributed by atoms with van der Waals surface area (Å²) in [7, 11) is 0. The van der Waals surface area contributed by atoms with Crippen molar-refractivity contribution in [3.8, 4) is 11.3 Å². The molecule has 1 aromatic carbocycles. The standard InChI is InChI=1S/C16H18FN3O2S/c17-11-5-3-10(4-6-11)13-9-23-16(20-13)14(15(18)21)19-8-12-2-1-7-22-12/h3-6,9,12,14,19H,1-2,7-8H2,(H2,18,21).